The first-order chi connectivity index (χ1) is 15.0. The van der Waals surface area contributed by atoms with Crippen LogP contribution in [-0.4, -0.2) is 36.1 Å². The van der Waals surface area contributed by atoms with E-state index in [1.54, 1.807) is 13.4 Å². The molecule has 1 aromatic heterocycles. The third-order valence-electron chi connectivity index (χ3n) is 5.58. The number of carbonyl (C=O) groups excluding carboxylic acids is 1. The summed E-state index contributed by atoms with van der Waals surface area (Å²) in [6.07, 6.45) is 3.40. The SMILES string of the molecule is COc1ccc(-c2cc(N3CCCC(C(=O)Nc4ccc(Br)c(C)c4)C3)ncn2)cc1. The zero-order chi connectivity index (χ0) is 21.8. The molecule has 0 spiro atoms. The lowest BCUT2D eigenvalue weighted by atomic mass is 9.97. The van der Waals surface area contributed by atoms with Gasteiger partial charge in [-0.05, 0) is 67.8 Å². The third-order valence-corrected chi connectivity index (χ3v) is 6.47. The van der Waals surface area contributed by atoms with Gasteiger partial charge in [-0.25, -0.2) is 9.97 Å². The van der Waals surface area contributed by atoms with Crippen molar-refractivity contribution in [2.24, 2.45) is 5.92 Å². The molecular formula is C24H25BrN4O2. The van der Waals surface area contributed by atoms with Gasteiger partial charge in [-0.1, -0.05) is 15.9 Å². The molecule has 0 aliphatic carbocycles. The molecule has 2 aromatic carbocycles. The minimum Gasteiger partial charge on any atom is -0.497 e. The Morgan fingerprint density at radius 2 is 1.97 bits per heavy atom. The number of hydrogen-bond acceptors (Lipinski definition) is 5. The number of nitrogens with one attached hydrogen (secondary N) is 1. The van der Waals surface area contributed by atoms with E-state index in [2.05, 4.69) is 36.1 Å². The maximum absolute atomic E-state index is 12.9. The average Bonchev–Trinajstić information content (AvgIpc) is 2.81. The minimum absolute atomic E-state index is 0.0517. The highest BCUT2D eigenvalue weighted by Crippen LogP contribution is 2.27. The van der Waals surface area contributed by atoms with Gasteiger partial charge < -0.3 is 15.0 Å². The van der Waals surface area contributed by atoms with Gasteiger partial charge in [0.25, 0.3) is 0 Å². The van der Waals surface area contributed by atoms with Crippen molar-refractivity contribution >= 4 is 33.3 Å². The molecule has 1 aliphatic rings. The zero-order valence-electron chi connectivity index (χ0n) is 17.6. The lowest BCUT2D eigenvalue weighted by molar-refractivity contribution is -0.120. The van der Waals surface area contributed by atoms with Gasteiger partial charge >= 0.3 is 0 Å². The molecule has 1 unspecified atom stereocenters. The first-order valence-corrected chi connectivity index (χ1v) is 11.1. The molecule has 0 radical (unpaired) electrons. The van der Waals surface area contributed by atoms with Crippen molar-refractivity contribution in [3.63, 3.8) is 0 Å². The Hall–Kier alpha value is -2.93. The largest absolute Gasteiger partial charge is 0.497 e. The van der Waals surface area contributed by atoms with Crippen molar-refractivity contribution < 1.29 is 9.53 Å². The number of methoxy groups -OCH3 is 1. The van der Waals surface area contributed by atoms with Crippen molar-refractivity contribution in [3.05, 3.63) is 64.9 Å². The summed E-state index contributed by atoms with van der Waals surface area (Å²) in [7, 11) is 1.65. The molecule has 6 nitrogen and oxygen atoms in total. The second-order valence-electron chi connectivity index (χ2n) is 7.73. The molecule has 4 rings (SSSR count). The second kappa shape index (κ2) is 9.47. The fourth-order valence-corrected chi connectivity index (χ4v) is 4.05. The highest BCUT2D eigenvalue weighted by atomic mass is 79.9. The van der Waals surface area contributed by atoms with E-state index in [-0.39, 0.29) is 11.8 Å². The number of rotatable bonds is 5. The first kappa shape index (κ1) is 21.3. The molecule has 0 saturated carbocycles. The van der Waals surface area contributed by atoms with E-state index in [4.69, 9.17) is 4.74 Å². The summed E-state index contributed by atoms with van der Waals surface area (Å²) in [4.78, 5) is 24.0. The monoisotopic (exact) mass is 480 g/mol. The Morgan fingerprint density at radius 1 is 1.16 bits per heavy atom. The van der Waals surface area contributed by atoms with Gasteiger partial charge in [-0.2, -0.15) is 0 Å². The van der Waals surface area contributed by atoms with Gasteiger partial charge in [0.2, 0.25) is 5.91 Å². The predicted molar refractivity (Wildman–Crippen MR) is 126 cm³/mol. The Kier molecular flexibility index (Phi) is 6.51. The number of ether oxygens (including phenoxy) is 1. The van der Waals surface area contributed by atoms with Crippen molar-refractivity contribution in [2.75, 3.05) is 30.4 Å². The molecule has 7 heteroatoms. The van der Waals surface area contributed by atoms with Gasteiger partial charge in [0.1, 0.15) is 17.9 Å². The molecule has 2 heterocycles. The Labute approximate surface area is 190 Å². The van der Waals surface area contributed by atoms with E-state index in [9.17, 15) is 4.79 Å². The number of hydrogen-bond donors (Lipinski definition) is 1. The van der Waals surface area contributed by atoms with E-state index in [1.165, 1.54) is 0 Å². The number of nitrogens with zero attached hydrogens (tertiary/aromatic N) is 3. The van der Waals surface area contributed by atoms with Gasteiger partial charge in [-0.3, -0.25) is 4.79 Å². The topological polar surface area (TPSA) is 67.3 Å². The zero-order valence-corrected chi connectivity index (χ0v) is 19.2. The Bertz CT molecular complexity index is 1070. The smallest absolute Gasteiger partial charge is 0.229 e. The van der Waals surface area contributed by atoms with Crippen LogP contribution in [0, 0.1) is 12.8 Å². The maximum Gasteiger partial charge on any atom is 0.229 e. The number of anilines is 2. The van der Waals surface area contributed by atoms with Gasteiger partial charge in [0, 0.05) is 34.9 Å². The number of aromatic nitrogens is 2. The van der Waals surface area contributed by atoms with E-state index < -0.39 is 0 Å². The van der Waals surface area contributed by atoms with Crippen LogP contribution >= 0.6 is 15.9 Å². The standard InChI is InChI=1S/C24H25BrN4O2/c1-16-12-19(7-10-21(16)25)28-24(30)18-4-3-11-29(14-18)23-13-22(26-15-27-23)17-5-8-20(31-2)9-6-17/h5-10,12-13,15,18H,3-4,11,14H2,1-2H3,(H,28,30). The van der Waals surface area contributed by atoms with Crippen molar-refractivity contribution in [1.29, 1.82) is 0 Å². The molecule has 1 atom stereocenters. The van der Waals surface area contributed by atoms with Crippen LogP contribution in [-0.2, 0) is 4.79 Å². The van der Waals surface area contributed by atoms with Crippen LogP contribution in [0.25, 0.3) is 11.3 Å². The first-order valence-electron chi connectivity index (χ1n) is 10.3. The lowest BCUT2D eigenvalue weighted by Crippen LogP contribution is -2.41. The Morgan fingerprint density at radius 3 is 2.71 bits per heavy atom. The van der Waals surface area contributed by atoms with Crippen molar-refractivity contribution in [2.45, 2.75) is 19.8 Å². The van der Waals surface area contributed by atoms with E-state index in [1.807, 2.05) is 55.5 Å². The molecule has 1 fully saturated rings. The summed E-state index contributed by atoms with van der Waals surface area (Å²) < 4.78 is 6.26. The highest BCUT2D eigenvalue weighted by Gasteiger charge is 2.27. The molecule has 160 valence electrons. The summed E-state index contributed by atoms with van der Waals surface area (Å²) in [5.74, 6) is 1.62. The van der Waals surface area contributed by atoms with Crippen LogP contribution in [0.4, 0.5) is 11.5 Å². The van der Waals surface area contributed by atoms with Crippen molar-refractivity contribution in [1.82, 2.24) is 9.97 Å². The highest BCUT2D eigenvalue weighted by molar-refractivity contribution is 9.10. The van der Waals surface area contributed by atoms with Crippen LogP contribution in [0.1, 0.15) is 18.4 Å². The molecule has 1 N–H and O–H groups in total. The Balaban J connectivity index is 1.46. The van der Waals surface area contributed by atoms with Crippen LogP contribution in [0.5, 0.6) is 5.75 Å². The number of halogens is 1. The third kappa shape index (κ3) is 5.05. The van der Waals surface area contributed by atoms with E-state index in [0.717, 1.165) is 57.9 Å². The molecule has 0 bridgehead atoms. The fraction of sp³-hybridized carbons (Fsp3) is 0.292. The van der Waals surface area contributed by atoms with Crippen LogP contribution in [0.2, 0.25) is 0 Å². The van der Waals surface area contributed by atoms with Crippen molar-refractivity contribution in [3.8, 4) is 17.0 Å². The number of aryl methyl sites for hydroxylation is 1. The number of carbonyl (C=O) groups is 1. The van der Waals surface area contributed by atoms with Crippen LogP contribution in [0.15, 0.2) is 59.3 Å². The number of benzene rings is 2. The summed E-state index contributed by atoms with van der Waals surface area (Å²) >= 11 is 3.50. The summed E-state index contributed by atoms with van der Waals surface area (Å²) in [6, 6.07) is 15.6. The van der Waals surface area contributed by atoms with Crippen LogP contribution < -0.4 is 15.0 Å². The lowest BCUT2D eigenvalue weighted by Gasteiger charge is -2.33. The molecule has 3 aromatic rings. The summed E-state index contributed by atoms with van der Waals surface area (Å²) in [6.45, 7) is 3.53. The van der Waals surface area contributed by atoms with Gasteiger partial charge in [0.05, 0.1) is 18.7 Å². The molecule has 1 amide bonds. The summed E-state index contributed by atoms with van der Waals surface area (Å²) in [5, 5.41) is 3.07. The minimum atomic E-state index is -0.0860. The number of amides is 1. The van der Waals surface area contributed by atoms with Gasteiger partial charge in [-0.15, -0.1) is 0 Å². The maximum atomic E-state index is 12.9. The average molecular weight is 481 g/mol. The predicted octanol–water partition coefficient (Wildman–Crippen LogP) is 5.08. The second-order valence-corrected chi connectivity index (χ2v) is 8.58. The van der Waals surface area contributed by atoms with Crippen LogP contribution in [0.3, 0.4) is 0 Å². The quantitative estimate of drug-likeness (QED) is 0.551. The molecule has 1 saturated heterocycles. The van der Waals surface area contributed by atoms with E-state index in [0.29, 0.717) is 6.54 Å². The molecule has 1 aliphatic heterocycles. The molecule has 31 heavy (non-hydrogen) atoms. The normalized spacial score (nSPS) is 16.1. The molecular weight excluding hydrogens is 456 g/mol. The van der Waals surface area contributed by atoms with Gasteiger partial charge in [0.15, 0.2) is 0 Å². The number of piperidine rings is 1. The summed E-state index contributed by atoms with van der Waals surface area (Å²) in [5.41, 5.74) is 3.77. The van der Waals surface area contributed by atoms with E-state index >= 15 is 0 Å². The fourth-order valence-electron chi connectivity index (χ4n) is 3.81.